The van der Waals surface area contributed by atoms with Gasteiger partial charge in [0, 0.05) is 29.5 Å². The lowest BCUT2D eigenvalue weighted by Gasteiger charge is -2.31. The molecule has 5 nitrogen and oxygen atoms in total. The van der Waals surface area contributed by atoms with Crippen LogP contribution < -0.4 is 5.32 Å². The summed E-state index contributed by atoms with van der Waals surface area (Å²) >= 11 is 3.30. The van der Waals surface area contributed by atoms with Crippen LogP contribution in [0.3, 0.4) is 0 Å². The Balaban J connectivity index is 1.98. The van der Waals surface area contributed by atoms with E-state index < -0.39 is 10.0 Å². The van der Waals surface area contributed by atoms with Crippen LogP contribution in [-0.2, 0) is 14.8 Å². The van der Waals surface area contributed by atoms with Crippen LogP contribution in [0.25, 0.3) is 0 Å². The molecule has 1 heterocycles. The zero-order valence-corrected chi connectivity index (χ0v) is 15.9. The van der Waals surface area contributed by atoms with E-state index in [0.717, 1.165) is 10.9 Å². The van der Waals surface area contributed by atoms with Gasteiger partial charge in [0.2, 0.25) is 15.9 Å². The number of carbonyl (C=O) groups is 1. The fourth-order valence-corrected chi connectivity index (χ4v) is 4.31. The molecular weight excluding hydrogens is 380 g/mol. The molecular formula is C16H23BrN2O3S. The molecule has 1 atom stereocenters. The lowest BCUT2D eigenvalue weighted by atomic mass is 9.97. The fraction of sp³-hybridized carbons (Fsp3) is 0.562. The second-order valence-corrected chi connectivity index (χ2v) is 8.80. The summed E-state index contributed by atoms with van der Waals surface area (Å²) in [6.07, 6.45) is 2.03. The van der Waals surface area contributed by atoms with Crippen LogP contribution in [0, 0.1) is 5.92 Å². The number of piperidine rings is 1. The van der Waals surface area contributed by atoms with E-state index in [4.69, 9.17) is 0 Å². The van der Waals surface area contributed by atoms with Crippen LogP contribution in [0.4, 0.5) is 0 Å². The normalized spacial score (nSPS) is 18.6. The van der Waals surface area contributed by atoms with Gasteiger partial charge in [0.15, 0.2) is 0 Å². The number of rotatable bonds is 5. The molecule has 0 saturated carbocycles. The minimum absolute atomic E-state index is 0.0417. The van der Waals surface area contributed by atoms with Gasteiger partial charge in [0.1, 0.15) is 0 Å². The Morgan fingerprint density at radius 1 is 1.30 bits per heavy atom. The maximum Gasteiger partial charge on any atom is 0.243 e. The van der Waals surface area contributed by atoms with E-state index in [1.807, 2.05) is 13.8 Å². The fourth-order valence-electron chi connectivity index (χ4n) is 2.58. The topological polar surface area (TPSA) is 66.5 Å². The van der Waals surface area contributed by atoms with Gasteiger partial charge in [0.25, 0.3) is 0 Å². The third-order valence-electron chi connectivity index (χ3n) is 4.28. The summed E-state index contributed by atoms with van der Waals surface area (Å²) in [6, 6.07) is 6.80. The number of benzene rings is 1. The van der Waals surface area contributed by atoms with E-state index >= 15 is 0 Å². The molecule has 0 radical (unpaired) electrons. The summed E-state index contributed by atoms with van der Waals surface area (Å²) in [6.45, 7) is 4.78. The second kappa shape index (κ2) is 7.77. The lowest BCUT2D eigenvalue weighted by Crippen LogP contribution is -2.44. The average Bonchev–Trinajstić information content (AvgIpc) is 2.55. The molecule has 1 aromatic rings. The monoisotopic (exact) mass is 402 g/mol. The Bertz CT molecular complexity index is 638. The first-order chi connectivity index (χ1) is 10.8. The molecule has 2 rings (SSSR count). The van der Waals surface area contributed by atoms with Crippen molar-refractivity contribution in [1.29, 1.82) is 0 Å². The largest absolute Gasteiger partial charge is 0.353 e. The molecule has 1 saturated heterocycles. The molecule has 0 bridgehead atoms. The number of nitrogens with zero attached hydrogens (tertiary/aromatic N) is 1. The highest BCUT2D eigenvalue weighted by molar-refractivity contribution is 9.10. The predicted molar refractivity (Wildman–Crippen MR) is 93.5 cm³/mol. The van der Waals surface area contributed by atoms with Gasteiger partial charge in [0.05, 0.1) is 4.90 Å². The Hall–Kier alpha value is -0.920. The zero-order chi connectivity index (χ0) is 17.0. The third-order valence-corrected chi connectivity index (χ3v) is 6.72. The molecule has 7 heteroatoms. The molecule has 0 spiro atoms. The van der Waals surface area contributed by atoms with Crippen LogP contribution in [0.15, 0.2) is 33.6 Å². The van der Waals surface area contributed by atoms with Gasteiger partial charge in [-0.2, -0.15) is 4.31 Å². The smallest absolute Gasteiger partial charge is 0.243 e. The van der Waals surface area contributed by atoms with Crippen LogP contribution in [0.1, 0.15) is 33.1 Å². The molecule has 1 N–H and O–H groups in total. The number of nitrogens with one attached hydrogen (secondary N) is 1. The van der Waals surface area contributed by atoms with Crippen molar-refractivity contribution in [2.24, 2.45) is 5.92 Å². The Kier molecular flexibility index (Phi) is 6.22. The van der Waals surface area contributed by atoms with Gasteiger partial charge in [-0.05, 0) is 50.5 Å². The first-order valence-electron chi connectivity index (χ1n) is 7.90. The van der Waals surface area contributed by atoms with Crippen molar-refractivity contribution >= 4 is 31.9 Å². The van der Waals surface area contributed by atoms with Crippen molar-refractivity contribution < 1.29 is 13.2 Å². The number of hydrogen-bond donors (Lipinski definition) is 1. The molecule has 0 unspecified atom stereocenters. The number of hydrogen-bond acceptors (Lipinski definition) is 3. The highest BCUT2D eigenvalue weighted by atomic mass is 79.9. The van der Waals surface area contributed by atoms with Crippen molar-refractivity contribution in [2.45, 2.75) is 44.0 Å². The molecule has 0 aliphatic carbocycles. The molecule has 23 heavy (non-hydrogen) atoms. The summed E-state index contributed by atoms with van der Waals surface area (Å²) in [5.41, 5.74) is 0. The average molecular weight is 403 g/mol. The van der Waals surface area contributed by atoms with E-state index in [-0.39, 0.29) is 17.9 Å². The van der Waals surface area contributed by atoms with Gasteiger partial charge in [-0.1, -0.05) is 22.9 Å². The van der Waals surface area contributed by atoms with Crippen molar-refractivity contribution in [1.82, 2.24) is 9.62 Å². The standard InChI is InChI=1S/C16H23BrN2O3S/c1-3-12(2)18-16(20)13-8-10-19(11-9-13)23(21,22)15-6-4-14(17)5-7-15/h4-7,12-13H,3,8-11H2,1-2H3,(H,18,20)/t12-/m1/s1. The van der Waals surface area contributed by atoms with Crippen molar-refractivity contribution in [2.75, 3.05) is 13.1 Å². The van der Waals surface area contributed by atoms with Crippen LogP contribution in [0.2, 0.25) is 0 Å². The van der Waals surface area contributed by atoms with E-state index in [1.54, 1.807) is 24.3 Å². The third kappa shape index (κ3) is 4.55. The first kappa shape index (κ1) is 18.4. The molecule has 128 valence electrons. The maximum absolute atomic E-state index is 12.6. The van der Waals surface area contributed by atoms with E-state index in [0.29, 0.717) is 30.8 Å². The summed E-state index contributed by atoms with van der Waals surface area (Å²) in [4.78, 5) is 12.4. The van der Waals surface area contributed by atoms with Crippen LogP contribution >= 0.6 is 15.9 Å². The SMILES string of the molecule is CC[C@@H](C)NC(=O)C1CCN(S(=O)(=O)c2ccc(Br)cc2)CC1. The summed E-state index contributed by atoms with van der Waals surface area (Å²) < 4.78 is 27.5. The Morgan fingerprint density at radius 3 is 2.39 bits per heavy atom. The molecule has 1 aromatic carbocycles. The second-order valence-electron chi connectivity index (χ2n) is 5.95. The van der Waals surface area contributed by atoms with Gasteiger partial charge >= 0.3 is 0 Å². The number of carbonyl (C=O) groups excluding carboxylic acids is 1. The van der Waals surface area contributed by atoms with E-state index in [2.05, 4.69) is 21.2 Å². The summed E-state index contributed by atoms with van der Waals surface area (Å²) in [5.74, 6) is -0.0552. The summed E-state index contributed by atoms with van der Waals surface area (Å²) in [7, 11) is -3.47. The first-order valence-corrected chi connectivity index (χ1v) is 10.1. The van der Waals surface area contributed by atoms with Crippen LogP contribution in [-0.4, -0.2) is 37.8 Å². The van der Waals surface area contributed by atoms with Crippen LogP contribution in [0.5, 0.6) is 0 Å². The molecule has 1 aliphatic heterocycles. The predicted octanol–water partition coefficient (Wildman–Crippen LogP) is 2.76. The zero-order valence-electron chi connectivity index (χ0n) is 13.5. The minimum Gasteiger partial charge on any atom is -0.353 e. The Morgan fingerprint density at radius 2 is 1.87 bits per heavy atom. The van der Waals surface area contributed by atoms with Gasteiger partial charge in [-0.25, -0.2) is 8.42 Å². The molecule has 1 aliphatic rings. The lowest BCUT2D eigenvalue weighted by molar-refractivity contribution is -0.126. The minimum atomic E-state index is -3.47. The highest BCUT2D eigenvalue weighted by Gasteiger charge is 2.32. The highest BCUT2D eigenvalue weighted by Crippen LogP contribution is 2.25. The van der Waals surface area contributed by atoms with Gasteiger partial charge in [-0.3, -0.25) is 4.79 Å². The number of amides is 1. The maximum atomic E-state index is 12.6. The van der Waals surface area contributed by atoms with Crippen molar-refractivity contribution in [3.05, 3.63) is 28.7 Å². The number of halogens is 1. The molecule has 1 fully saturated rings. The number of sulfonamides is 1. The summed E-state index contributed by atoms with van der Waals surface area (Å²) in [5, 5.41) is 2.98. The van der Waals surface area contributed by atoms with Gasteiger partial charge in [-0.15, -0.1) is 0 Å². The van der Waals surface area contributed by atoms with E-state index in [1.165, 1.54) is 4.31 Å². The van der Waals surface area contributed by atoms with Gasteiger partial charge < -0.3 is 5.32 Å². The van der Waals surface area contributed by atoms with E-state index in [9.17, 15) is 13.2 Å². The quantitative estimate of drug-likeness (QED) is 0.822. The molecule has 1 amide bonds. The van der Waals surface area contributed by atoms with Crippen molar-refractivity contribution in [3.63, 3.8) is 0 Å². The molecule has 0 aromatic heterocycles. The van der Waals surface area contributed by atoms with Crippen molar-refractivity contribution in [3.8, 4) is 0 Å². The Labute approximate surface area is 146 Å².